The maximum absolute atomic E-state index is 12.1. The summed E-state index contributed by atoms with van der Waals surface area (Å²) in [7, 11) is 1.52. The highest BCUT2D eigenvalue weighted by Gasteiger charge is 2.14. The van der Waals surface area contributed by atoms with Crippen LogP contribution in [0.2, 0.25) is 0 Å². The van der Waals surface area contributed by atoms with Gasteiger partial charge < -0.3 is 19.9 Å². The number of rotatable bonds is 6. The smallest absolute Gasteiger partial charge is 0.339 e. The number of aryl methyl sites for hydroxylation is 2. The minimum absolute atomic E-state index is 0.0153. The number of anilines is 1. The van der Waals surface area contributed by atoms with E-state index in [2.05, 4.69) is 5.32 Å². The highest BCUT2D eigenvalue weighted by Crippen LogP contribution is 2.25. The van der Waals surface area contributed by atoms with Crippen LogP contribution in [0.5, 0.6) is 11.5 Å². The van der Waals surface area contributed by atoms with Crippen LogP contribution in [0.15, 0.2) is 36.4 Å². The molecule has 2 aromatic rings. The van der Waals surface area contributed by atoms with Gasteiger partial charge in [-0.15, -0.1) is 0 Å². The van der Waals surface area contributed by atoms with Crippen LogP contribution in [-0.4, -0.2) is 30.7 Å². The molecule has 0 aliphatic carbocycles. The molecule has 1 amide bonds. The summed E-state index contributed by atoms with van der Waals surface area (Å²) in [5.74, 6) is -0.813. The number of carboxylic acids is 1. The third-order valence-corrected chi connectivity index (χ3v) is 3.36. The zero-order valence-corrected chi connectivity index (χ0v) is 13.8. The zero-order chi connectivity index (χ0) is 17.7. The number of methoxy groups -OCH3 is 1. The van der Waals surface area contributed by atoms with Crippen LogP contribution in [0.3, 0.4) is 0 Å². The minimum atomic E-state index is -1.11. The van der Waals surface area contributed by atoms with Crippen molar-refractivity contribution in [2.24, 2.45) is 0 Å². The van der Waals surface area contributed by atoms with Gasteiger partial charge in [0.1, 0.15) is 17.1 Å². The summed E-state index contributed by atoms with van der Waals surface area (Å²) < 4.78 is 10.6. The Morgan fingerprint density at radius 1 is 1.04 bits per heavy atom. The number of benzene rings is 2. The molecule has 0 saturated heterocycles. The normalized spacial score (nSPS) is 10.1. The van der Waals surface area contributed by atoms with Crippen molar-refractivity contribution in [2.45, 2.75) is 13.8 Å². The van der Waals surface area contributed by atoms with Gasteiger partial charge in [-0.1, -0.05) is 12.1 Å². The average Bonchev–Trinajstić information content (AvgIpc) is 2.53. The van der Waals surface area contributed by atoms with E-state index in [1.807, 2.05) is 19.9 Å². The van der Waals surface area contributed by atoms with Crippen molar-refractivity contribution < 1.29 is 24.2 Å². The number of amides is 1. The van der Waals surface area contributed by atoms with Crippen LogP contribution in [0.4, 0.5) is 5.69 Å². The molecule has 2 rings (SSSR count). The molecule has 0 spiro atoms. The summed E-state index contributed by atoms with van der Waals surface area (Å²) in [6, 6.07) is 10.1. The summed E-state index contributed by atoms with van der Waals surface area (Å²) in [4.78, 5) is 23.3. The van der Waals surface area contributed by atoms with Crippen LogP contribution in [0.25, 0.3) is 0 Å². The van der Waals surface area contributed by atoms with E-state index in [0.29, 0.717) is 11.4 Å². The van der Waals surface area contributed by atoms with Gasteiger partial charge in [0, 0.05) is 0 Å². The van der Waals surface area contributed by atoms with E-state index in [1.54, 1.807) is 24.3 Å². The first-order valence-electron chi connectivity index (χ1n) is 7.32. The largest absolute Gasteiger partial charge is 0.495 e. The standard InChI is InChI=1S/C18H19NO5/c1-11-5-7-15(23-3)14(8-11)19-17(20)10-24-16-9-12(2)4-6-13(16)18(21)22/h4-9H,10H2,1-3H3,(H,19,20)(H,21,22). The number of nitrogens with one attached hydrogen (secondary N) is 1. The quantitative estimate of drug-likeness (QED) is 0.851. The molecule has 126 valence electrons. The molecule has 0 bridgehead atoms. The Kier molecular flexibility index (Phi) is 5.42. The second kappa shape index (κ2) is 7.50. The molecule has 2 N–H and O–H groups in total. The second-order valence-corrected chi connectivity index (χ2v) is 5.35. The molecule has 6 heteroatoms. The SMILES string of the molecule is COc1ccc(C)cc1NC(=O)COc1cc(C)ccc1C(=O)O. The molecular formula is C18H19NO5. The van der Waals surface area contributed by atoms with Gasteiger partial charge in [-0.3, -0.25) is 4.79 Å². The van der Waals surface area contributed by atoms with E-state index in [0.717, 1.165) is 11.1 Å². The molecule has 0 radical (unpaired) electrons. The molecule has 0 aliphatic heterocycles. The average molecular weight is 329 g/mol. The van der Waals surface area contributed by atoms with Gasteiger partial charge in [0.05, 0.1) is 12.8 Å². The molecule has 0 fully saturated rings. The number of hydrogen-bond acceptors (Lipinski definition) is 4. The number of carbonyl (C=O) groups excluding carboxylic acids is 1. The van der Waals surface area contributed by atoms with E-state index < -0.39 is 11.9 Å². The van der Waals surface area contributed by atoms with Crippen LogP contribution in [0, 0.1) is 13.8 Å². The lowest BCUT2D eigenvalue weighted by Gasteiger charge is -2.13. The first-order valence-corrected chi connectivity index (χ1v) is 7.32. The molecule has 24 heavy (non-hydrogen) atoms. The van der Waals surface area contributed by atoms with Crippen molar-refractivity contribution >= 4 is 17.6 Å². The van der Waals surface area contributed by atoms with Crippen LogP contribution >= 0.6 is 0 Å². The van der Waals surface area contributed by atoms with Gasteiger partial charge in [-0.2, -0.15) is 0 Å². The van der Waals surface area contributed by atoms with Crippen molar-refractivity contribution in [1.29, 1.82) is 0 Å². The summed E-state index contributed by atoms with van der Waals surface area (Å²) in [5.41, 5.74) is 2.37. The monoisotopic (exact) mass is 329 g/mol. The molecule has 2 aromatic carbocycles. The van der Waals surface area contributed by atoms with Crippen molar-refractivity contribution in [1.82, 2.24) is 0 Å². The molecule has 0 aromatic heterocycles. The fourth-order valence-corrected chi connectivity index (χ4v) is 2.17. The van der Waals surface area contributed by atoms with Gasteiger partial charge in [-0.05, 0) is 49.2 Å². The molecule has 0 atom stereocenters. The number of ether oxygens (including phenoxy) is 2. The maximum atomic E-state index is 12.1. The summed E-state index contributed by atoms with van der Waals surface area (Å²) in [6.45, 7) is 3.41. The Balaban J connectivity index is 2.08. The number of hydrogen-bond donors (Lipinski definition) is 2. The molecule has 6 nitrogen and oxygen atoms in total. The number of aromatic carboxylic acids is 1. The number of carbonyl (C=O) groups is 2. The lowest BCUT2D eigenvalue weighted by atomic mass is 10.1. The highest BCUT2D eigenvalue weighted by molar-refractivity contribution is 5.94. The van der Waals surface area contributed by atoms with E-state index in [1.165, 1.54) is 13.2 Å². The van der Waals surface area contributed by atoms with Gasteiger partial charge in [-0.25, -0.2) is 4.79 Å². The van der Waals surface area contributed by atoms with E-state index >= 15 is 0 Å². The lowest BCUT2D eigenvalue weighted by Crippen LogP contribution is -2.21. The maximum Gasteiger partial charge on any atom is 0.339 e. The van der Waals surface area contributed by atoms with Gasteiger partial charge in [0.15, 0.2) is 6.61 Å². The Hall–Kier alpha value is -3.02. The second-order valence-electron chi connectivity index (χ2n) is 5.35. The minimum Gasteiger partial charge on any atom is -0.495 e. The van der Waals surface area contributed by atoms with Gasteiger partial charge >= 0.3 is 5.97 Å². The predicted octanol–water partition coefficient (Wildman–Crippen LogP) is 3.03. The summed E-state index contributed by atoms with van der Waals surface area (Å²) in [5, 5.41) is 11.9. The van der Waals surface area contributed by atoms with Crippen molar-refractivity contribution in [2.75, 3.05) is 19.0 Å². The summed E-state index contributed by atoms with van der Waals surface area (Å²) >= 11 is 0. The molecule has 0 unspecified atom stereocenters. The van der Waals surface area contributed by atoms with E-state index in [9.17, 15) is 9.59 Å². The van der Waals surface area contributed by atoms with E-state index in [4.69, 9.17) is 14.6 Å². The summed E-state index contributed by atoms with van der Waals surface area (Å²) in [6.07, 6.45) is 0. The van der Waals surface area contributed by atoms with Crippen LogP contribution in [0.1, 0.15) is 21.5 Å². The molecule has 0 saturated carbocycles. The topological polar surface area (TPSA) is 84.9 Å². The number of carboxylic acid groups (broad SMARTS) is 1. The molecule has 0 heterocycles. The lowest BCUT2D eigenvalue weighted by molar-refractivity contribution is -0.118. The molecule has 0 aliphatic rings. The Morgan fingerprint density at radius 3 is 2.38 bits per heavy atom. The van der Waals surface area contributed by atoms with Crippen LogP contribution in [-0.2, 0) is 4.79 Å². The van der Waals surface area contributed by atoms with Crippen molar-refractivity contribution in [3.63, 3.8) is 0 Å². The predicted molar refractivity (Wildman–Crippen MR) is 90.0 cm³/mol. The van der Waals surface area contributed by atoms with Gasteiger partial charge in [0.25, 0.3) is 5.91 Å². The van der Waals surface area contributed by atoms with Crippen molar-refractivity contribution in [3.8, 4) is 11.5 Å². The Bertz CT molecular complexity index is 770. The Labute approximate surface area is 140 Å². The third kappa shape index (κ3) is 4.25. The fourth-order valence-electron chi connectivity index (χ4n) is 2.17. The fraction of sp³-hybridized carbons (Fsp3) is 0.222. The Morgan fingerprint density at radius 2 is 1.71 bits per heavy atom. The zero-order valence-electron chi connectivity index (χ0n) is 13.8. The molecular weight excluding hydrogens is 310 g/mol. The van der Waals surface area contributed by atoms with Gasteiger partial charge in [0.2, 0.25) is 0 Å². The third-order valence-electron chi connectivity index (χ3n) is 3.36. The highest BCUT2D eigenvalue weighted by atomic mass is 16.5. The van der Waals surface area contributed by atoms with Crippen molar-refractivity contribution in [3.05, 3.63) is 53.1 Å². The van der Waals surface area contributed by atoms with E-state index in [-0.39, 0.29) is 17.9 Å². The first kappa shape index (κ1) is 17.3. The van der Waals surface area contributed by atoms with Crippen LogP contribution < -0.4 is 14.8 Å². The first-order chi connectivity index (χ1) is 11.4.